The molecule has 250 valence electrons. The second kappa shape index (κ2) is 16.5. The van der Waals surface area contributed by atoms with Crippen LogP contribution in [0.25, 0.3) is 0 Å². The van der Waals surface area contributed by atoms with E-state index in [0.29, 0.717) is 29.4 Å². The van der Waals surface area contributed by atoms with Gasteiger partial charge in [0.1, 0.15) is 11.8 Å². The lowest BCUT2D eigenvalue weighted by Gasteiger charge is -2.52. The minimum Gasteiger partial charge on any atom is -0.454 e. The zero-order valence-electron chi connectivity index (χ0n) is 27.2. The standard InChI is InChI=1S/C25H36BrN7O2.C7H8O3S/c1-6-21-25(7-2,8-3)32(12-11-28-21)16-18-9-10-20(35-18)24(34)31-33(15-17(4)5)23-19(26)14-29-22(13-27)30-23;1-6-2-4-7(5-3-6)11(8,9)10/h9-10,14,17,21,28H,6-8,11-12,15-16H2,1-5H3,(H,31,34);2-5H,1H3,(H,8,9,10). The molecule has 3 N–H and O–H groups in total. The number of nitrogens with one attached hydrogen (secondary N) is 2. The van der Waals surface area contributed by atoms with Crippen LogP contribution in [0.4, 0.5) is 5.82 Å². The van der Waals surface area contributed by atoms with Crippen molar-refractivity contribution in [2.75, 3.05) is 24.6 Å². The number of aryl methyl sites for hydroxylation is 1. The largest absolute Gasteiger partial charge is 0.454 e. The van der Waals surface area contributed by atoms with Crippen LogP contribution in [-0.2, 0) is 16.7 Å². The third-order valence-corrected chi connectivity index (χ3v) is 9.53. The van der Waals surface area contributed by atoms with Gasteiger partial charge in [-0.25, -0.2) is 4.98 Å². The van der Waals surface area contributed by atoms with Crippen LogP contribution in [-0.4, -0.2) is 65.0 Å². The number of nitriles is 1. The summed E-state index contributed by atoms with van der Waals surface area (Å²) < 4.78 is 36.2. The minimum atomic E-state index is -4.02. The average molecular weight is 719 g/mol. The molecule has 1 aliphatic rings. The predicted octanol–water partition coefficient (Wildman–Crippen LogP) is 5.50. The van der Waals surface area contributed by atoms with E-state index in [0.717, 1.165) is 43.7 Å². The minimum absolute atomic E-state index is 0.0308. The number of hydrogen-bond acceptors (Lipinski definition) is 10. The quantitative estimate of drug-likeness (QED) is 0.170. The van der Waals surface area contributed by atoms with Gasteiger partial charge in [-0.3, -0.25) is 24.7 Å². The first-order valence-corrected chi connectivity index (χ1v) is 17.6. The molecule has 0 aliphatic carbocycles. The van der Waals surface area contributed by atoms with Crippen LogP contribution in [0.15, 0.2) is 56.4 Å². The third-order valence-electron chi connectivity index (χ3n) is 8.10. The van der Waals surface area contributed by atoms with E-state index in [1.54, 1.807) is 23.2 Å². The summed E-state index contributed by atoms with van der Waals surface area (Å²) >= 11 is 3.43. The number of halogens is 1. The summed E-state index contributed by atoms with van der Waals surface area (Å²) in [5.74, 6) is 1.31. The molecule has 46 heavy (non-hydrogen) atoms. The lowest BCUT2D eigenvalue weighted by Crippen LogP contribution is -2.66. The van der Waals surface area contributed by atoms with Crippen molar-refractivity contribution < 1.29 is 22.2 Å². The average Bonchev–Trinajstić information content (AvgIpc) is 3.49. The van der Waals surface area contributed by atoms with Crippen LogP contribution in [0.1, 0.15) is 81.6 Å². The van der Waals surface area contributed by atoms with Gasteiger partial charge in [0.05, 0.1) is 15.9 Å². The molecule has 4 rings (SSSR count). The molecule has 1 aliphatic heterocycles. The Morgan fingerprint density at radius 2 is 1.91 bits per heavy atom. The van der Waals surface area contributed by atoms with Crippen LogP contribution >= 0.6 is 15.9 Å². The molecular weight excluding hydrogens is 674 g/mol. The van der Waals surface area contributed by atoms with E-state index in [9.17, 15) is 18.5 Å². The van der Waals surface area contributed by atoms with Crippen LogP contribution in [0, 0.1) is 24.2 Å². The second-order valence-electron chi connectivity index (χ2n) is 11.6. The van der Waals surface area contributed by atoms with Crippen molar-refractivity contribution in [1.82, 2.24) is 25.6 Å². The summed E-state index contributed by atoms with van der Waals surface area (Å²) in [6, 6.07) is 12.0. The topological polar surface area (TPSA) is 165 Å². The summed E-state index contributed by atoms with van der Waals surface area (Å²) in [7, 11) is -4.02. The molecule has 0 saturated carbocycles. The Balaban J connectivity index is 0.000000441. The van der Waals surface area contributed by atoms with E-state index < -0.39 is 10.1 Å². The Kier molecular flexibility index (Phi) is 13.3. The maximum Gasteiger partial charge on any atom is 0.305 e. The molecule has 0 spiro atoms. The highest BCUT2D eigenvalue weighted by Gasteiger charge is 2.42. The predicted molar refractivity (Wildman–Crippen MR) is 180 cm³/mol. The SMILES string of the molecule is CCC1NCCN(Cc2ccc(C(=O)NN(CC(C)C)c3nc(C#N)ncc3Br)o2)C1(CC)CC.Cc1ccc(S(=O)(=O)O)cc1. The van der Waals surface area contributed by atoms with Gasteiger partial charge in [0.15, 0.2) is 11.6 Å². The summed E-state index contributed by atoms with van der Waals surface area (Å²) in [5.41, 5.74) is 3.91. The van der Waals surface area contributed by atoms with E-state index in [4.69, 9.17) is 8.97 Å². The van der Waals surface area contributed by atoms with Crippen molar-refractivity contribution in [2.24, 2.45) is 5.92 Å². The molecule has 1 fully saturated rings. The molecule has 1 unspecified atom stereocenters. The van der Waals surface area contributed by atoms with Gasteiger partial charge < -0.3 is 9.73 Å². The Morgan fingerprint density at radius 3 is 2.48 bits per heavy atom. The van der Waals surface area contributed by atoms with Crippen molar-refractivity contribution in [3.8, 4) is 6.07 Å². The van der Waals surface area contributed by atoms with Crippen molar-refractivity contribution in [1.29, 1.82) is 5.26 Å². The molecular formula is C32H44BrN7O5S. The van der Waals surface area contributed by atoms with E-state index in [2.05, 4.69) is 62.3 Å². The second-order valence-corrected chi connectivity index (χ2v) is 13.9. The Hall–Kier alpha value is -3.35. The van der Waals surface area contributed by atoms with Crippen LogP contribution in [0.2, 0.25) is 0 Å². The van der Waals surface area contributed by atoms with Gasteiger partial charge in [0, 0.05) is 37.4 Å². The van der Waals surface area contributed by atoms with Crippen LogP contribution in [0.3, 0.4) is 0 Å². The van der Waals surface area contributed by atoms with E-state index in [-0.39, 0.29) is 33.8 Å². The smallest absolute Gasteiger partial charge is 0.305 e. The van der Waals surface area contributed by atoms with Crippen LogP contribution < -0.4 is 15.8 Å². The molecule has 1 amide bonds. The van der Waals surface area contributed by atoms with Gasteiger partial charge >= 0.3 is 5.91 Å². The summed E-state index contributed by atoms with van der Waals surface area (Å²) in [6.45, 7) is 15.7. The number of piperazine rings is 1. The van der Waals surface area contributed by atoms with E-state index >= 15 is 0 Å². The van der Waals surface area contributed by atoms with Crippen LogP contribution in [0.5, 0.6) is 0 Å². The molecule has 12 nitrogen and oxygen atoms in total. The van der Waals surface area contributed by atoms with Gasteiger partial charge in [-0.15, -0.1) is 0 Å². The first-order chi connectivity index (χ1) is 21.8. The molecule has 0 bridgehead atoms. The summed E-state index contributed by atoms with van der Waals surface area (Å²) in [6.07, 6.45) is 4.68. The highest BCUT2D eigenvalue weighted by atomic mass is 79.9. The van der Waals surface area contributed by atoms with Gasteiger partial charge in [-0.05, 0) is 72.3 Å². The van der Waals surface area contributed by atoms with Crippen molar-refractivity contribution in [3.05, 3.63) is 70.0 Å². The Bertz CT molecular complexity index is 1600. The molecule has 3 heterocycles. The normalized spacial score (nSPS) is 16.3. The van der Waals surface area contributed by atoms with Crippen molar-refractivity contribution >= 4 is 37.8 Å². The molecule has 2 aromatic heterocycles. The zero-order valence-corrected chi connectivity index (χ0v) is 29.7. The van der Waals surface area contributed by atoms with Gasteiger partial charge in [0.25, 0.3) is 10.1 Å². The van der Waals surface area contributed by atoms with Crippen molar-refractivity contribution in [3.63, 3.8) is 0 Å². The number of anilines is 1. The third kappa shape index (κ3) is 9.36. The maximum atomic E-state index is 13.1. The Labute approximate surface area is 280 Å². The number of hydrazine groups is 1. The Morgan fingerprint density at radius 1 is 1.24 bits per heavy atom. The fourth-order valence-corrected chi connectivity index (χ4v) is 6.66. The van der Waals surface area contributed by atoms with Gasteiger partial charge in [-0.2, -0.15) is 18.7 Å². The maximum absolute atomic E-state index is 13.1. The molecule has 0 radical (unpaired) electrons. The number of furan rings is 1. The number of nitrogens with zero attached hydrogens (tertiary/aromatic N) is 5. The summed E-state index contributed by atoms with van der Waals surface area (Å²) in [5, 5.41) is 14.5. The molecule has 1 atom stereocenters. The van der Waals surface area contributed by atoms with E-state index in [1.807, 2.05) is 32.9 Å². The number of rotatable bonds is 11. The van der Waals surface area contributed by atoms with Gasteiger partial charge in [-0.1, -0.05) is 52.3 Å². The number of benzene rings is 1. The van der Waals surface area contributed by atoms with Gasteiger partial charge in [0.2, 0.25) is 5.82 Å². The molecule has 1 saturated heterocycles. The number of aromatic nitrogens is 2. The monoisotopic (exact) mass is 717 g/mol. The van der Waals surface area contributed by atoms with E-state index in [1.165, 1.54) is 18.3 Å². The molecule has 3 aromatic rings. The molecule has 14 heteroatoms. The zero-order chi connectivity index (χ0) is 34.1. The summed E-state index contributed by atoms with van der Waals surface area (Å²) in [4.78, 5) is 23.8. The number of carbonyl (C=O) groups excluding carboxylic acids is 1. The number of hydrogen-bond donors (Lipinski definition) is 3. The fraction of sp³-hybridized carbons (Fsp3) is 0.500. The first-order valence-electron chi connectivity index (χ1n) is 15.4. The first kappa shape index (κ1) is 37.1. The number of amides is 1. The fourth-order valence-electron chi connectivity index (χ4n) is 5.77. The molecule has 1 aromatic carbocycles. The highest BCUT2D eigenvalue weighted by molar-refractivity contribution is 9.10. The lowest BCUT2D eigenvalue weighted by molar-refractivity contribution is -0.000367. The van der Waals surface area contributed by atoms with Crippen molar-refractivity contribution in [2.45, 2.75) is 83.8 Å². The highest BCUT2D eigenvalue weighted by Crippen LogP contribution is 2.33. The lowest BCUT2D eigenvalue weighted by atomic mass is 9.79. The number of carbonyl (C=O) groups is 1.